The number of likely N-dealkylation sites (N-methyl/N-ethyl adjacent to an activating group) is 1. The van der Waals surface area contributed by atoms with Crippen molar-refractivity contribution < 1.29 is 9.53 Å². The van der Waals surface area contributed by atoms with E-state index in [0.717, 1.165) is 12.0 Å². The summed E-state index contributed by atoms with van der Waals surface area (Å²) in [5, 5.41) is 0. The molecule has 0 saturated heterocycles. The second-order valence-electron chi connectivity index (χ2n) is 4.09. The quantitative estimate of drug-likeness (QED) is 0.745. The minimum atomic E-state index is -0.250. The summed E-state index contributed by atoms with van der Waals surface area (Å²) in [6.45, 7) is 2.03. The number of benzene rings is 1. The van der Waals surface area contributed by atoms with Crippen molar-refractivity contribution in [3.05, 3.63) is 53.9 Å². The van der Waals surface area contributed by atoms with Gasteiger partial charge in [0.15, 0.2) is 0 Å². The molecule has 17 heavy (non-hydrogen) atoms. The van der Waals surface area contributed by atoms with E-state index in [1.807, 2.05) is 55.4 Å². The zero-order valence-corrected chi connectivity index (χ0v) is 9.96. The van der Waals surface area contributed by atoms with Gasteiger partial charge < -0.3 is 14.4 Å². The summed E-state index contributed by atoms with van der Waals surface area (Å²) in [5.41, 5.74) is 1.19. The molecule has 0 radical (unpaired) electrons. The third-order valence-electron chi connectivity index (χ3n) is 2.68. The van der Waals surface area contributed by atoms with Gasteiger partial charge >= 0.3 is 0 Å². The lowest BCUT2D eigenvalue weighted by Crippen LogP contribution is -2.29. The molecule has 1 aromatic rings. The standard InChI is InChI=1S/C14H15NO2/c1-11-3-5-13(6-4-11)17-14-7-8-15(2)12(9-14)10-16/h3-10,12H,1-2H3. The molecule has 0 spiro atoms. The van der Waals surface area contributed by atoms with Crippen LogP contribution in [0.15, 0.2) is 48.4 Å². The van der Waals surface area contributed by atoms with E-state index in [4.69, 9.17) is 4.74 Å². The van der Waals surface area contributed by atoms with E-state index in [2.05, 4.69) is 0 Å². The van der Waals surface area contributed by atoms with Crippen LogP contribution in [0, 0.1) is 6.92 Å². The number of nitrogens with zero attached hydrogens (tertiary/aromatic N) is 1. The van der Waals surface area contributed by atoms with Gasteiger partial charge in [-0.1, -0.05) is 17.7 Å². The van der Waals surface area contributed by atoms with Crippen molar-refractivity contribution in [2.24, 2.45) is 0 Å². The largest absolute Gasteiger partial charge is 0.458 e. The van der Waals surface area contributed by atoms with Crippen molar-refractivity contribution >= 4 is 6.29 Å². The first-order valence-corrected chi connectivity index (χ1v) is 5.51. The molecular formula is C14H15NO2. The van der Waals surface area contributed by atoms with Crippen LogP contribution in [0.4, 0.5) is 0 Å². The highest BCUT2D eigenvalue weighted by molar-refractivity contribution is 5.62. The Kier molecular flexibility index (Phi) is 3.28. The zero-order valence-electron chi connectivity index (χ0n) is 9.96. The van der Waals surface area contributed by atoms with Crippen LogP contribution in [0.5, 0.6) is 5.75 Å². The highest BCUT2D eigenvalue weighted by atomic mass is 16.5. The summed E-state index contributed by atoms with van der Waals surface area (Å²) in [7, 11) is 1.86. The third kappa shape index (κ3) is 2.75. The van der Waals surface area contributed by atoms with Gasteiger partial charge in [-0.15, -0.1) is 0 Å². The maximum atomic E-state index is 10.8. The Morgan fingerprint density at radius 3 is 2.65 bits per heavy atom. The molecule has 0 aromatic heterocycles. The number of aryl methyl sites for hydroxylation is 1. The van der Waals surface area contributed by atoms with E-state index >= 15 is 0 Å². The fraction of sp³-hybridized carbons (Fsp3) is 0.214. The first-order chi connectivity index (χ1) is 8.19. The van der Waals surface area contributed by atoms with E-state index in [-0.39, 0.29) is 6.04 Å². The second kappa shape index (κ2) is 4.87. The normalized spacial score (nSPS) is 18.8. The molecule has 1 aromatic carbocycles. The van der Waals surface area contributed by atoms with E-state index in [9.17, 15) is 4.79 Å². The van der Waals surface area contributed by atoms with Crippen LogP contribution >= 0.6 is 0 Å². The third-order valence-corrected chi connectivity index (χ3v) is 2.68. The minimum absolute atomic E-state index is 0.250. The lowest BCUT2D eigenvalue weighted by molar-refractivity contribution is -0.110. The van der Waals surface area contributed by atoms with Gasteiger partial charge in [-0.2, -0.15) is 0 Å². The van der Waals surface area contributed by atoms with Gasteiger partial charge in [0, 0.05) is 13.2 Å². The zero-order chi connectivity index (χ0) is 12.3. The fourth-order valence-electron chi connectivity index (χ4n) is 1.58. The van der Waals surface area contributed by atoms with E-state index in [0.29, 0.717) is 5.76 Å². The number of hydrogen-bond donors (Lipinski definition) is 0. The van der Waals surface area contributed by atoms with E-state index in [1.165, 1.54) is 5.56 Å². The topological polar surface area (TPSA) is 29.5 Å². The molecule has 0 aliphatic carbocycles. The molecule has 0 amide bonds. The summed E-state index contributed by atoms with van der Waals surface area (Å²) in [5.74, 6) is 1.48. The summed E-state index contributed by atoms with van der Waals surface area (Å²) in [6.07, 6.45) is 6.37. The Bertz CT molecular complexity index is 460. The van der Waals surface area contributed by atoms with Gasteiger partial charge in [0.05, 0.1) is 0 Å². The molecule has 3 nitrogen and oxygen atoms in total. The lowest BCUT2D eigenvalue weighted by Gasteiger charge is -2.23. The van der Waals surface area contributed by atoms with Crippen LogP contribution in [-0.2, 0) is 4.79 Å². The van der Waals surface area contributed by atoms with Crippen LogP contribution in [0.2, 0.25) is 0 Å². The lowest BCUT2D eigenvalue weighted by atomic mass is 10.2. The molecule has 1 atom stereocenters. The highest BCUT2D eigenvalue weighted by Crippen LogP contribution is 2.18. The van der Waals surface area contributed by atoms with E-state index in [1.54, 1.807) is 6.08 Å². The number of aldehydes is 1. The molecule has 2 rings (SSSR count). The minimum Gasteiger partial charge on any atom is -0.458 e. The van der Waals surface area contributed by atoms with Gasteiger partial charge in [-0.05, 0) is 31.2 Å². The Morgan fingerprint density at radius 1 is 1.29 bits per heavy atom. The van der Waals surface area contributed by atoms with Crippen molar-refractivity contribution in [3.63, 3.8) is 0 Å². The molecule has 1 aliphatic heterocycles. The van der Waals surface area contributed by atoms with Crippen LogP contribution in [-0.4, -0.2) is 24.3 Å². The summed E-state index contributed by atoms with van der Waals surface area (Å²) in [6, 6.07) is 7.56. The maximum Gasteiger partial charge on any atom is 0.146 e. The summed E-state index contributed by atoms with van der Waals surface area (Å²) >= 11 is 0. The average Bonchev–Trinajstić information content (AvgIpc) is 2.34. The SMILES string of the molecule is Cc1ccc(OC2=CC(C=O)N(C)C=C2)cc1. The van der Waals surface area contributed by atoms with Crippen LogP contribution in [0.1, 0.15) is 5.56 Å². The molecule has 0 fully saturated rings. The van der Waals surface area contributed by atoms with Gasteiger partial charge in [0.25, 0.3) is 0 Å². The van der Waals surface area contributed by atoms with Crippen molar-refractivity contribution in [2.45, 2.75) is 13.0 Å². The van der Waals surface area contributed by atoms with E-state index < -0.39 is 0 Å². The van der Waals surface area contributed by atoms with Crippen LogP contribution in [0.25, 0.3) is 0 Å². The second-order valence-corrected chi connectivity index (χ2v) is 4.09. The Morgan fingerprint density at radius 2 is 2.00 bits per heavy atom. The number of carbonyl (C=O) groups is 1. The van der Waals surface area contributed by atoms with Gasteiger partial charge in [0.2, 0.25) is 0 Å². The van der Waals surface area contributed by atoms with Crippen molar-refractivity contribution in [1.29, 1.82) is 0 Å². The van der Waals surface area contributed by atoms with Gasteiger partial charge in [-0.3, -0.25) is 0 Å². The number of ether oxygens (including phenoxy) is 1. The smallest absolute Gasteiger partial charge is 0.146 e. The highest BCUT2D eigenvalue weighted by Gasteiger charge is 2.13. The van der Waals surface area contributed by atoms with Gasteiger partial charge in [0.1, 0.15) is 23.8 Å². The molecule has 0 bridgehead atoms. The number of hydrogen-bond acceptors (Lipinski definition) is 3. The molecule has 1 heterocycles. The van der Waals surface area contributed by atoms with Crippen molar-refractivity contribution in [2.75, 3.05) is 7.05 Å². The van der Waals surface area contributed by atoms with Crippen LogP contribution in [0.3, 0.4) is 0 Å². The molecule has 0 N–H and O–H groups in total. The first-order valence-electron chi connectivity index (χ1n) is 5.51. The fourth-order valence-corrected chi connectivity index (χ4v) is 1.58. The van der Waals surface area contributed by atoms with Crippen molar-refractivity contribution in [3.8, 4) is 5.75 Å². The predicted molar refractivity (Wildman–Crippen MR) is 66.6 cm³/mol. The molecular weight excluding hydrogens is 214 g/mol. The Hall–Kier alpha value is -2.03. The molecule has 88 valence electrons. The first kappa shape index (κ1) is 11.5. The molecule has 1 aliphatic rings. The molecule has 1 unspecified atom stereocenters. The number of rotatable bonds is 3. The monoisotopic (exact) mass is 229 g/mol. The van der Waals surface area contributed by atoms with Gasteiger partial charge in [-0.25, -0.2) is 0 Å². The molecule has 0 saturated carbocycles. The maximum absolute atomic E-state index is 10.8. The predicted octanol–water partition coefficient (Wildman–Crippen LogP) is 2.28. The number of carbonyl (C=O) groups excluding carboxylic acids is 1. The summed E-state index contributed by atoms with van der Waals surface area (Å²) < 4.78 is 5.68. The van der Waals surface area contributed by atoms with Crippen molar-refractivity contribution in [1.82, 2.24) is 4.90 Å². The Balaban J connectivity index is 2.11. The molecule has 3 heteroatoms. The summed E-state index contributed by atoms with van der Waals surface area (Å²) in [4.78, 5) is 12.7. The Labute approximate surface area is 101 Å². The van der Waals surface area contributed by atoms with Crippen LogP contribution < -0.4 is 4.74 Å². The number of allylic oxidation sites excluding steroid dienone is 1. The average molecular weight is 229 g/mol.